The van der Waals surface area contributed by atoms with Gasteiger partial charge >= 0.3 is 5.97 Å². The van der Waals surface area contributed by atoms with Crippen molar-refractivity contribution in [3.63, 3.8) is 0 Å². The molecule has 0 spiro atoms. The molecule has 104 valence electrons. The molecule has 1 aliphatic heterocycles. The van der Waals surface area contributed by atoms with Crippen LogP contribution in [0.4, 0.5) is 0 Å². The molecule has 0 aliphatic carbocycles. The maximum atomic E-state index is 12.1. The molecule has 0 aromatic rings. The molecule has 0 radical (unpaired) electrons. The molecule has 1 aliphatic rings. The van der Waals surface area contributed by atoms with Gasteiger partial charge in [-0.1, -0.05) is 13.8 Å². The largest absolute Gasteiger partial charge is 0.467 e. The summed E-state index contributed by atoms with van der Waals surface area (Å²) in [4.78, 5) is 23.7. The molecule has 0 aromatic heterocycles. The number of carbonyl (C=O) groups is 2. The summed E-state index contributed by atoms with van der Waals surface area (Å²) in [5, 5.41) is 6.04. The van der Waals surface area contributed by atoms with Gasteiger partial charge in [0.2, 0.25) is 5.91 Å². The van der Waals surface area contributed by atoms with Crippen molar-refractivity contribution in [2.24, 2.45) is 11.8 Å². The van der Waals surface area contributed by atoms with E-state index in [4.69, 9.17) is 4.74 Å². The average Bonchev–Trinajstić information content (AvgIpc) is 2.37. The Kier molecular flexibility index (Phi) is 6.12. The van der Waals surface area contributed by atoms with Crippen LogP contribution >= 0.6 is 0 Å². The van der Waals surface area contributed by atoms with Gasteiger partial charge in [-0.25, -0.2) is 4.79 Å². The number of methoxy groups -OCH3 is 1. The summed E-state index contributed by atoms with van der Waals surface area (Å²) in [6.07, 6.45) is 2.28. The van der Waals surface area contributed by atoms with Crippen LogP contribution in [0, 0.1) is 11.8 Å². The highest BCUT2D eigenvalue weighted by Gasteiger charge is 2.27. The third kappa shape index (κ3) is 4.64. The van der Waals surface area contributed by atoms with Crippen molar-refractivity contribution in [3.05, 3.63) is 0 Å². The van der Waals surface area contributed by atoms with Crippen LogP contribution in [-0.2, 0) is 14.3 Å². The second-order valence-electron chi connectivity index (χ2n) is 5.24. The summed E-state index contributed by atoms with van der Waals surface area (Å²) in [6.45, 7) is 5.77. The highest BCUT2D eigenvalue weighted by molar-refractivity contribution is 5.85. The Bertz CT molecular complexity index is 286. The molecule has 1 rings (SSSR count). The first-order chi connectivity index (χ1) is 8.54. The van der Waals surface area contributed by atoms with Crippen molar-refractivity contribution in [1.29, 1.82) is 0 Å². The summed E-state index contributed by atoms with van der Waals surface area (Å²) in [6, 6.07) is -0.516. The predicted molar refractivity (Wildman–Crippen MR) is 69.0 cm³/mol. The van der Waals surface area contributed by atoms with Crippen molar-refractivity contribution in [1.82, 2.24) is 10.6 Å². The van der Waals surface area contributed by atoms with Crippen molar-refractivity contribution in [2.45, 2.75) is 39.2 Å². The SMILES string of the molecule is COC(=O)[C@H](CC(C)C)NC(=O)C1CCNCC1. The van der Waals surface area contributed by atoms with E-state index in [0.717, 1.165) is 25.9 Å². The van der Waals surface area contributed by atoms with Crippen molar-refractivity contribution in [3.8, 4) is 0 Å². The van der Waals surface area contributed by atoms with Crippen LogP contribution in [0.5, 0.6) is 0 Å². The lowest BCUT2D eigenvalue weighted by molar-refractivity contribution is -0.146. The van der Waals surface area contributed by atoms with Crippen LogP contribution in [0.2, 0.25) is 0 Å². The lowest BCUT2D eigenvalue weighted by Crippen LogP contribution is -2.46. The van der Waals surface area contributed by atoms with E-state index < -0.39 is 6.04 Å². The number of amides is 1. The number of piperidine rings is 1. The Morgan fingerprint density at radius 2 is 1.94 bits per heavy atom. The molecule has 5 nitrogen and oxygen atoms in total. The molecule has 0 bridgehead atoms. The van der Waals surface area contributed by atoms with E-state index in [0.29, 0.717) is 12.3 Å². The minimum absolute atomic E-state index is 0.0190. The van der Waals surface area contributed by atoms with Gasteiger partial charge in [0.05, 0.1) is 7.11 Å². The highest BCUT2D eigenvalue weighted by Crippen LogP contribution is 2.13. The monoisotopic (exact) mass is 256 g/mol. The maximum absolute atomic E-state index is 12.1. The minimum Gasteiger partial charge on any atom is -0.467 e. The summed E-state index contributed by atoms with van der Waals surface area (Å²) < 4.78 is 4.74. The Hall–Kier alpha value is -1.10. The van der Waals surface area contributed by atoms with Gasteiger partial charge in [-0.2, -0.15) is 0 Å². The zero-order valence-electron chi connectivity index (χ0n) is 11.5. The second-order valence-corrected chi connectivity index (χ2v) is 5.24. The maximum Gasteiger partial charge on any atom is 0.328 e. The van der Waals surface area contributed by atoms with Crippen molar-refractivity contribution in [2.75, 3.05) is 20.2 Å². The van der Waals surface area contributed by atoms with E-state index in [-0.39, 0.29) is 17.8 Å². The summed E-state index contributed by atoms with van der Waals surface area (Å²) in [5.41, 5.74) is 0. The fourth-order valence-electron chi connectivity index (χ4n) is 2.20. The van der Waals surface area contributed by atoms with E-state index >= 15 is 0 Å². The first-order valence-electron chi connectivity index (χ1n) is 6.63. The van der Waals surface area contributed by atoms with Crippen molar-refractivity contribution >= 4 is 11.9 Å². The number of hydrogen-bond acceptors (Lipinski definition) is 4. The third-order valence-electron chi connectivity index (χ3n) is 3.22. The van der Waals surface area contributed by atoms with Gasteiger partial charge in [-0.15, -0.1) is 0 Å². The summed E-state index contributed by atoms with van der Waals surface area (Å²) >= 11 is 0. The van der Waals surface area contributed by atoms with Crippen LogP contribution in [-0.4, -0.2) is 38.1 Å². The van der Waals surface area contributed by atoms with Crippen LogP contribution in [0.3, 0.4) is 0 Å². The normalized spacial score (nSPS) is 18.4. The Morgan fingerprint density at radius 1 is 1.33 bits per heavy atom. The van der Waals surface area contributed by atoms with Gasteiger partial charge in [0.15, 0.2) is 0 Å². The van der Waals surface area contributed by atoms with Crippen LogP contribution in [0.15, 0.2) is 0 Å². The molecule has 5 heteroatoms. The van der Waals surface area contributed by atoms with E-state index in [2.05, 4.69) is 10.6 Å². The number of esters is 1. The third-order valence-corrected chi connectivity index (χ3v) is 3.22. The fourth-order valence-corrected chi connectivity index (χ4v) is 2.20. The molecule has 1 fully saturated rings. The molecular weight excluding hydrogens is 232 g/mol. The predicted octanol–water partition coefficient (Wildman–Crippen LogP) is 0.690. The van der Waals surface area contributed by atoms with E-state index in [9.17, 15) is 9.59 Å². The lowest BCUT2D eigenvalue weighted by Gasteiger charge is -2.25. The number of carbonyl (C=O) groups excluding carboxylic acids is 2. The van der Waals surface area contributed by atoms with Gasteiger partial charge in [-0.3, -0.25) is 4.79 Å². The van der Waals surface area contributed by atoms with E-state index in [1.54, 1.807) is 0 Å². The molecule has 0 unspecified atom stereocenters. The molecule has 2 N–H and O–H groups in total. The van der Waals surface area contributed by atoms with Gasteiger partial charge in [0.1, 0.15) is 6.04 Å². The molecule has 0 saturated carbocycles. The van der Waals surface area contributed by atoms with Crippen molar-refractivity contribution < 1.29 is 14.3 Å². The lowest BCUT2D eigenvalue weighted by atomic mass is 9.96. The number of rotatable bonds is 5. The first kappa shape index (κ1) is 15.0. The van der Waals surface area contributed by atoms with Gasteiger partial charge in [0.25, 0.3) is 0 Å². The average molecular weight is 256 g/mol. The molecule has 1 amide bonds. The Labute approximate surface area is 109 Å². The van der Waals surface area contributed by atoms with Crippen LogP contribution in [0.1, 0.15) is 33.1 Å². The number of nitrogens with one attached hydrogen (secondary N) is 2. The standard InChI is InChI=1S/C13H24N2O3/c1-9(2)8-11(13(17)18-3)15-12(16)10-4-6-14-7-5-10/h9-11,14H,4-8H2,1-3H3,(H,15,16)/t11-/m0/s1. The molecule has 1 saturated heterocycles. The van der Waals surface area contributed by atoms with E-state index in [1.165, 1.54) is 7.11 Å². The number of ether oxygens (including phenoxy) is 1. The first-order valence-corrected chi connectivity index (χ1v) is 6.63. The van der Waals surface area contributed by atoms with Crippen LogP contribution in [0.25, 0.3) is 0 Å². The topological polar surface area (TPSA) is 67.4 Å². The molecular formula is C13H24N2O3. The summed E-state index contributed by atoms with van der Waals surface area (Å²) in [5.74, 6) is -0.0217. The van der Waals surface area contributed by atoms with Gasteiger partial charge in [-0.05, 0) is 38.3 Å². The molecule has 1 atom stereocenters. The van der Waals surface area contributed by atoms with Gasteiger partial charge in [0, 0.05) is 5.92 Å². The smallest absolute Gasteiger partial charge is 0.328 e. The Balaban J connectivity index is 2.52. The van der Waals surface area contributed by atoms with Crippen LogP contribution < -0.4 is 10.6 Å². The second kappa shape index (κ2) is 7.36. The van der Waals surface area contributed by atoms with E-state index in [1.807, 2.05) is 13.8 Å². The quantitative estimate of drug-likeness (QED) is 0.710. The summed E-state index contributed by atoms with van der Waals surface area (Å²) in [7, 11) is 1.35. The number of hydrogen-bond donors (Lipinski definition) is 2. The zero-order valence-corrected chi connectivity index (χ0v) is 11.5. The Morgan fingerprint density at radius 3 is 2.44 bits per heavy atom. The minimum atomic E-state index is -0.516. The molecule has 1 heterocycles. The van der Waals surface area contributed by atoms with Gasteiger partial charge < -0.3 is 15.4 Å². The molecule has 0 aromatic carbocycles. The highest BCUT2D eigenvalue weighted by atomic mass is 16.5. The zero-order chi connectivity index (χ0) is 13.5. The fraction of sp³-hybridized carbons (Fsp3) is 0.846. The molecule has 18 heavy (non-hydrogen) atoms.